The topological polar surface area (TPSA) is 41.6 Å². The molecule has 0 saturated heterocycles. The van der Waals surface area contributed by atoms with Crippen LogP contribution in [0.1, 0.15) is 40.5 Å². The van der Waals surface area contributed by atoms with Gasteiger partial charge in [-0.25, -0.2) is 0 Å². The summed E-state index contributed by atoms with van der Waals surface area (Å²) >= 11 is 0. The van der Waals surface area contributed by atoms with E-state index in [4.69, 9.17) is 5.73 Å². The molecule has 3 nitrogen and oxygen atoms in total. The van der Waals surface area contributed by atoms with Crippen LogP contribution in [0.15, 0.2) is 4.99 Å². The van der Waals surface area contributed by atoms with Crippen molar-refractivity contribution in [2.75, 3.05) is 6.54 Å². The minimum atomic E-state index is 0.160. The zero-order chi connectivity index (χ0) is 10.1. The van der Waals surface area contributed by atoms with Crippen LogP contribution in [0.25, 0.3) is 0 Å². The van der Waals surface area contributed by atoms with E-state index in [0.717, 1.165) is 13.0 Å². The minimum Gasteiger partial charge on any atom is -0.370 e. The van der Waals surface area contributed by atoms with E-state index in [1.165, 1.54) is 6.42 Å². The van der Waals surface area contributed by atoms with Gasteiger partial charge >= 0.3 is 0 Å². The molecule has 0 spiro atoms. The predicted octanol–water partition coefficient (Wildman–Crippen LogP) is 1.58. The molecule has 0 radical (unpaired) electrons. The molecular formula is C10H21N3. The highest BCUT2D eigenvalue weighted by Gasteiger charge is 2.38. The maximum Gasteiger partial charge on any atom is 0.192 e. The van der Waals surface area contributed by atoms with Crippen LogP contribution < -0.4 is 5.73 Å². The highest BCUT2D eigenvalue weighted by Crippen LogP contribution is 2.28. The van der Waals surface area contributed by atoms with Gasteiger partial charge in [0.05, 0.1) is 12.1 Å². The molecular weight excluding hydrogens is 162 g/mol. The summed E-state index contributed by atoms with van der Waals surface area (Å²) in [7, 11) is 0. The summed E-state index contributed by atoms with van der Waals surface area (Å²) in [6.07, 6.45) is 2.35. The first kappa shape index (κ1) is 10.4. The number of aliphatic imine (C=N–C) groups is 1. The highest BCUT2D eigenvalue weighted by molar-refractivity contribution is 5.81. The van der Waals surface area contributed by atoms with Gasteiger partial charge in [0.2, 0.25) is 0 Å². The lowest BCUT2D eigenvalue weighted by atomic mass is 9.94. The van der Waals surface area contributed by atoms with E-state index in [1.54, 1.807) is 0 Å². The predicted molar refractivity (Wildman–Crippen MR) is 56.8 cm³/mol. The Balaban J connectivity index is 2.78. The number of rotatable bonds is 3. The molecule has 0 aromatic rings. The van der Waals surface area contributed by atoms with Crippen LogP contribution in [0, 0.1) is 0 Å². The molecule has 0 bridgehead atoms. The molecule has 3 heteroatoms. The van der Waals surface area contributed by atoms with Gasteiger partial charge in [0.15, 0.2) is 5.96 Å². The van der Waals surface area contributed by atoms with Crippen LogP contribution in [0.4, 0.5) is 0 Å². The average Bonchev–Trinajstić information content (AvgIpc) is 2.27. The third kappa shape index (κ3) is 1.79. The van der Waals surface area contributed by atoms with Gasteiger partial charge in [-0.15, -0.1) is 0 Å². The van der Waals surface area contributed by atoms with Gasteiger partial charge in [-0.05, 0) is 27.2 Å². The molecule has 1 aliphatic rings. The minimum absolute atomic E-state index is 0.160. The molecule has 1 unspecified atom stereocenters. The SMILES string of the molecule is CCCC1(C)CN=C(N)N1C(C)C. The zero-order valence-corrected chi connectivity index (χ0v) is 9.17. The van der Waals surface area contributed by atoms with Gasteiger partial charge in [0, 0.05) is 6.04 Å². The van der Waals surface area contributed by atoms with Crippen molar-refractivity contribution in [3.8, 4) is 0 Å². The summed E-state index contributed by atoms with van der Waals surface area (Å²) in [5.41, 5.74) is 6.02. The molecule has 0 saturated carbocycles. The summed E-state index contributed by atoms with van der Waals surface area (Å²) in [5.74, 6) is 0.714. The Bertz CT molecular complexity index is 210. The van der Waals surface area contributed by atoms with Gasteiger partial charge < -0.3 is 10.6 Å². The number of nitrogens with zero attached hydrogens (tertiary/aromatic N) is 2. The van der Waals surface area contributed by atoms with Crippen LogP contribution >= 0.6 is 0 Å². The van der Waals surface area contributed by atoms with E-state index in [1.807, 2.05) is 0 Å². The Morgan fingerprint density at radius 3 is 2.69 bits per heavy atom. The maximum absolute atomic E-state index is 5.86. The Morgan fingerprint density at radius 2 is 2.23 bits per heavy atom. The molecule has 0 amide bonds. The van der Waals surface area contributed by atoms with E-state index in [9.17, 15) is 0 Å². The highest BCUT2D eigenvalue weighted by atomic mass is 15.4. The second kappa shape index (κ2) is 3.56. The standard InChI is InChI=1S/C10H21N3/c1-5-6-10(4)7-12-9(11)13(10)8(2)3/h8H,5-7H2,1-4H3,(H2,11,12). The molecule has 0 aromatic heterocycles. The smallest absolute Gasteiger partial charge is 0.192 e. The van der Waals surface area contributed by atoms with Crippen LogP contribution in [-0.4, -0.2) is 29.0 Å². The lowest BCUT2D eigenvalue weighted by molar-refractivity contribution is 0.171. The van der Waals surface area contributed by atoms with Gasteiger partial charge in [-0.2, -0.15) is 0 Å². The van der Waals surface area contributed by atoms with Crippen molar-refractivity contribution in [2.45, 2.75) is 52.1 Å². The fraction of sp³-hybridized carbons (Fsp3) is 0.900. The van der Waals surface area contributed by atoms with Crippen LogP contribution in [0.3, 0.4) is 0 Å². The van der Waals surface area contributed by atoms with E-state index in [-0.39, 0.29) is 5.54 Å². The van der Waals surface area contributed by atoms with Crippen molar-refractivity contribution >= 4 is 5.96 Å². The van der Waals surface area contributed by atoms with Crippen molar-refractivity contribution in [1.29, 1.82) is 0 Å². The monoisotopic (exact) mass is 183 g/mol. The summed E-state index contributed by atoms with van der Waals surface area (Å²) in [5, 5.41) is 0. The molecule has 0 aliphatic carbocycles. The first-order valence-corrected chi connectivity index (χ1v) is 5.10. The largest absolute Gasteiger partial charge is 0.370 e. The van der Waals surface area contributed by atoms with E-state index in [2.05, 4.69) is 37.6 Å². The van der Waals surface area contributed by atoms with Crippen molar-refractivity contribution in [1.82, 2.24) is 4.90 Å². The fourth-order valence-electron chi connectivity index (χ4n) is 2.31. The molecule has 1 aliphatic heterocycles. The van der Waals surface area contributed by atoms with Crippen LogP contribution in [0.2, 0.25) is 0 Å². The number of guanidine groups is 1. The maximum atomic E-state index is 5.86. The van der Waals surface area contributed by atoms with E-state index >= 15 is 0 Å². The Labute approximate surface area is 81.0 Å². The second-order valence-electron chi connectivity index (χ2n) is 4.39. The first-order chi connectivity index (χ1) is 6.01. The third-order valence-corrected chi connectivity index (χ3v) is 2.72. The third-order valence-electron chi connectivity index (χ3n) is 2.72. The molecule has 13 heavy (non-hydrogen) atoms. The van der Waals surface area contributed by atoms with Crippen molar-refractivity contribution < 1.29 is 0 Å². The number of hydrogen-bond donors (Lipinski definition) is 1. The fourth-order valence-corrected chi connectivity index (χ4v) is 2.31. The van der Waals surface area contributed by atoms with Gasteiger partial charge in [0.25, 0.3) is 0 Å². The van der Waals surface area contributed by atoms with Gasteiger partial charge in [-0.3, -0.25) is 4.99 Å². The van der Waals surface area contributed by atoms with Crippen molar-refractivity contribution in [3.63, 3.8) is 0 Å². The molecule has 76 valence electrons. The zero-order valence-electron chi connectivity index (χ0n) is 9.17. The second-order valence-corrected chi connectivity index (χ2v) is 4.39. The van der Waals surface area contributed by atoms with Gasteiger partial charge in [-0.1, -0.05) is 13.3 Å². The molecule has 1 atom stereocenters. The number of hydrogen-bond acceptors (Lipinski definition) is 3. The van der Waals surface area contributed by atoms with Crippen LogP contribution in [-0.2, 0) is 0 Å². The summed E-state index contributed by atoms with van der Waals surface area (Å²) in [4.78, 5) is 6.58. The Hall–Kier alpha value is -0.730. The van der Waals surface area contributed by atoms with Gasteiger partial charge in [0.1, 0.15) is 0 Å². The Morgan fingerprint density at radius 1 is 1.62 bits per heavy atom. The molecule has 0 aromatic carbocycles. The van der Waals surface area contributed by atoms with Crippen LogP contribution in [0.5, 0.6) is 0 Å². The lowest BCUT2D eigenvalue weighted by Gasteiger charge is -2.39. The normalized spacial score (nSPS) is 28.4. The average molecular weight is 183 g/mol. The van der Waals surface area contributed by atoms with Crippen molar-refractivity contribution in [2.24, 2.45) is 10.7 Å². The molecule has 1 rings (SSSR count). The summed E-state index contributed by atoms with van der Waals surface area (Å²) < 4.78 is 0. The summed E-state index contributed by atoms with van der Waals surface area (Å²) in [6, 6.07) is 0.447. The summed E-state index contributed by atoms with van der Waals surface area (Å²) in [6.45, 7) is 9.65. The molecule has 1 heterocycles. The molecule has 2 N–H and O–H groups in total. The van der Waals surface area contributed by atoms with Crippen molar-refractivity contribution in [3.05, 3.63) is 0 Å². The van der Waals surface area contributed by atoms with E-state index < -0.39 is 0 Å². The Kier molecular flexibility index (Phi) is 2.84. The lowest BCUT2D eigenvalue weighted by Crippen LogP contribution is -2.52. The number of nitrogens with two attached hydrogens (primary N) is 1. The first-order valence-electron chi connectivity index (χ1n) is 5.10. The quantitative estimate of drug-likeness (QED) is 0.722. The van der Waals surface area contributed by atoms with E-state index in [0.29, 0.717) is 12.0 Å². The molecule has 0 fully saturated rings.